The first-order valence-electron chi connectivity index (χ1n) is 11.5. The number of hydrogen-bond acceptors (Lipinski definition) is 9. The number of aliphatic hydroxyl groups is 3. The fourth-order valence-electron chi connectivity index (χ4n) is 4.23. The molecule has 35 heavy (non-hydrogen) atoms. The number of nitrogens with zero attached hydrogens (tertiary/aromatic N) is 3. The van der Waals surface area contributed by atoms with Crippen molar-refractivity contribution in [3.8, 4) is 10.6 Å². The summed E-state index contributed by atoms with van der Waals surface area (Å²) in [5.74, 6) is -1.14. The van der Waals surface area contributed by atoms with Gasteiger partial charge < -0.3 is 26.0 Å². The molecule has 0 unspecified atom stereocenters. The second-order valence-electron chi connectivity index (χ2n) is 8.71. The number of anilines is 2. The number of aromatic nitrogens is 3. The molecule has 0 bridgehead atoms. The Kier molecular flexibility index (Phi) is 7.46. The van der Waals surface area contributed by atoms with E-state index in [4.69, 9.17) is 0 Å². The molecule has 2 heterocycles. The molecule has 1 fully saturated rings. The summed E-state index contributed by atoms with van der Waals surface area (Å²) in [7, 11) is 0. The first kappa shape index (κ1) is 25.5. The molecule has 0 spiro atoms. The van der Waals surface area contributed by atoms with Crippen LogP contribution in [-0.4, -0.2) is 55.3 Å². The number of rotatable bonds is 9. The van der Waals surface area contributed by atoms with Crippen molar-refractivity contribution < 1.29 is 28.5 Å². The topological polar surface area (TPSA) is 123 Å². The summed E-state index contributed by atoms with van der Waals surface area (Å²) in [6, 6.07) is 6.95. The van der Waals surface area contributed by atoms with E-state index in [9.17, 15) is 28.5 Å². The monoisotopic (exact) mass is 511 g/mol. The minimum Gasteiger partial charge on any atom is -0.396 e. The molecule has 1 aromatic carbocycles. The lowest BCUT2D eigenvalue weighted by Gasteiger charge is -2.31. The van der Waals surface area contributed by atoms with Gasteiger partial charge in [-0.25, -0.2) is 9.97 Å². The number of para-hydroxylation sites is 1. The Morgan fingerprint density at radius 2 is 1.94 bits per heavy atom. The predicted octanol–water partition coefficient (Wildman–Crippen LogP) is 4.24. The van der Waals surface area contributed by atoms with E-state index in [-0.39, 0.29) is 36.2 Å². The summed E-state index contributed by atoms with van der Waals surface area (Å²) in [5.41, 5.74) is -3.05. The number of fused-ring (bicyclic) bond motifs is 1. The predicted molar refractivity (Wildman–Crippen MR) is 128 cm³/mol. The van der Waals surface area contributed by atoms with Gasteiger partial charge in [-0.3, -0.25) is 0 Å². The summed E-state index contributed by atoms with van der Waals surface area (Å²) < 4.78 is 43.5. The maximum absolute atomic E-state index is 14.3. The molecule has 8 nitrogen and oxygen atoms in total. The lowest BCUT2D eigenvalue weighted by Crippen LogP contribution is -2.48. The van der Waals surface area contributed by atoms with E-state index >= 15 is 0 Å². The summed E-state index contributed by atoms with van der Waals surface area (Å²) >= 11 is 1.05. The molecular formula is C23H28F3N5O3S. The Hall–Kier alpha value is -2.54. The van der Waals surface area contributed by atoms with Gasteiger partial charge in [-0.2, -0.15) is 18.2 Å². The molecule has 1 aliphatic carbocycles. The molecule has 1 aliphatic rings. The van der Waals surface area contributed by atoms with E-state index in [2.05, 4.69) is 25.6 Å². The minimum atomic E-state index is -4.84. The first-order valence-corrected chi connectivity index (χ1v) is 12.4. The van der Waals surface area contributed by atoms with Crippen LogP contribution in [0.2, 0.25) is 0 Å². The highest BCUT2D eigenvalue weighted by atomic mass is 32.1. The number of benzene rings is 1. The molecular weight excluding hydrogens is 483 g/mol. The Morgan fingerprint density at radius 1 is 1.17 bits per heavy atom. The van der Waals surface area contributed by atoms with Crippen LogP contribution >= 0.6 is 11.3 Å². The average Bonchev–Trinajstić information content (AvgIpc) is 3.36. The van der Waals surface area contributed by atoms with Crippen LogP contribution in [0.3, 0.4) is 0 Å². The third-order valence-corrected chi connectivity index (χ3v) is 7.20. The van der Waals surface area contributed by atoms with Crippen molar-refractivity contribution in [1.82, 2.24) is 15.0 Å². The number of halogens is 3. The Balaban J connectivity index is 1.84. The lowest BCUT2D eigenvalue weighted by atomic mass is 10.0. The number of thiazole rings is 1. The molecule has 4 rings (SSSR count). The van der Waals surface area contributed by atoms with Crippen molar-refractivity contribution in [1.29, 1.82) is 0 Å². The fraction of sp³-hybridized carbons (Fsp3) is 0.522. The molecule has 3 atom stereocenters. The number of nitrogens with one attached hydrogen (secondary N) is 2. The molecule has 0 aliphatic heterocycles. The molecule has 1 saturated carbocycles. The third-order valence-electron chi connectivity index (χ3n) is 6.15. The number of aliphatic hydroxyl groups excluding tert-OH is 2. The van der Waals surface area contributed by atoms with Crippen molar-refractivity contribution in [2.75, 3.05) is 23.8 Å². The quantitative estimate of drug-likeness (QED) is 0.214. The molecule has 2 aromatic heterocycles. The van der Waals surface area contributed by atoms with Crippen molar-refractivity contribution in [3.05, 3.63) is 30.0 Å². The summed E-state index contributed by atoms with van der Waals surface area (Å²) in [6.07, 6.45) is -3.37. The zero-order valence-corrected chi connectivity index (χ0v) is 20.0. The van der Waals surface area contributed by atoms with Gasteiger partial charge in [0.2, 0.25) is 5.95 Å². The molecule has 12 heteroatoms. The molecule has 0 radical (unpaired) electrons. The summed E-state index contributed by atoms with van der Waals surface area (Å²) in [4.78, 5) is 12.5. The van der Waals surface area contributed by atoms with Gasteiger partial charge in [0.05, 0.1) is 15.8 Å². The average molecular weight is 512 g/mol. The summed E-state index contributed by atoms with van der Waals surface area (Å²) in [5, 5.41) is 36.7. The molecule has 5 N–H and O–H groups in total. The highest BCUT2D eigenvalue weighted by Gasteiger charge is 2.48. The zero-order valence-electron chi connectivity index (χ0n) is 19.1. The van der Waals surface area contributed by atoms with Crippen LogP contribution in [0.4, 0.5) is 24.9 Å². The Bertz CT molecular complexity index is 1140. The van der Waals surface area contributed by atoms with Gasteiger partial charge in [-0.05, 0) is 31.4 Å². The van der Waals surface area contributed by atoms with Crippen molar-refractivity contribution >= 4 is 33.3 Å². The zero-order chi connectivity index (χ0) is 25.2. The molecule has 0 amide bonds. The highest BCUT2D eigenvalue weighted by molar-refractivity contribution is 7.21. The van der Waals surface area contributed by atoms with Gasteiger partial charge in [-0.1, -0.05) is 31.9 Å². The van der Waals surface area contributed by atoms with Crippen LogP contribution in [0.1, 0.15) is 44.7 Å². The van der Waals surface area contributed by atoms with E-state index < -0.39 is 35.2 Å². The van der Waals surface area contributed by atoms with Gasteiger partial charge in [0, 0.05) is 19.1 Å². The van der Waals surface area contributed by atoms with E-state index in [0.29, 0.717) is 16.8 Å². The normalized spacial score (nSPS) is 22.6. The van der Waals surface area contributed by atoms with Crippen molar-refractivity contribution in [3.63, 3.8) is 0 Å². The lowest BCUT2D eigenvalue weighted by molar-refractivity contribution is -0.140. The van der Waals surface area contributed by atoms with E-state index in [0.717, 1.165) is 30.6 Å². The van der Waals surface area contributed by atoms with Crippen LogP contribution in [0, 0.1) is 5.92 Å². The second kappa shape index (κ2) is 10.2. The van der Waals surface area contributed by atoms with Crippen LogP contribution < -0.4 is 10.6 Å². The van der Waals surface area contributed by atoms with Gasteiger partial charge in [0.15, 0.2) is 11.4 Å². The van der Waals surface area contributed by atoms with E-state index in [1.807, 2.05) is 6.92 Å². The van der Waals surface area contributed by atoms with Gasteiger partial charge >= 0.3 is 6.18 Å². The highest BCUT2D eigenvalue weighted by Crippen LogP contribution is 2.44. The maximum Gasteiger partial charge on any atom is 0.434 e. The van der Waals surface area contributed by atoms with E-state index in [1.165, 1.54) is 0 Å². The first-order chi connectivity index (χ1) is 16.7. The number of hydrogen-bond donors (Lipinski definition) is 5. The van der Waals surface area contributed by atoms with Crippen LogP contribution in [0.25, 0.3) is 20.8 Å². The Labute approximate surface area is 204 Å². The largest absolute Gasteiger partial charge is 0.434 e. The van der Waals surface area contributed by atoms with Gasteiger partial charge in [0.1, 0.15) is 16.9 Å². The van der Waals surface area contributed by atoms with Crippen LogP contribution in [0.15, 0.2) is 24.3 Å². The van der Waals surface area contributed by atoms with Gasteiger partial charge in [-0.15, -0.1) is 11.3 Å². The smallest absolute Gasteiger partial charge is 0.396 e. The number of unbranched alkanes of at least 4 members (excludes halogenated alkanes) is 2. The van der Waals surface area contributed by atoms with Crippen LogP contribution in [0.5, 0.6) is 0 Å². The maximum atomic E-state index is 14.3. The number of alkyl halides is 3. The standard InChI is InChI=1S/C23H28F3N5O3S/c1-2-3-6-11-27-21-29-17(23(24,25)26)16(20-28-14-7-4-5-8-15(14)35-20)19(30-21)31-22(34)10-9-13(12-32)18(22)33/h4-5,7-8,13,18,32-34H,2-3,6,9-12H2,1H3,(H2,27,29,30,31)/t13-,18-,22-/m1/s1. The minimum absolute atomic E-state index is 0.0172. The van der Waals surface area contributed by atoms with Crippen molar-refractivity contribution in [2.24, 2.45) is 5.92 Å². The molecule has 3 aromatic rings. The molecule has 0 saturated heterocycles. The van der Waals surface area contributed by atoms with Gasteiger partial charge in [0.25, 0.3) is 0 Å². The SMILES string of the molecule is CCCCCNc1nc(N[C@@]2(O)CC[C@H](CO)[C@H]2O)c(-c2nc3ccccc3s2)c(C(F)(F)F)n1. The fourth-order valence-corrected chi connectivity index (χ4v) is 5.24. The van der Waals surface area contributed by atoms with E-state index in [1.54, 1.807) is 24.3 Å². The Morgan fingerprint density at radius 3 is 2.60 bits per heavy atom. The molecule has 190 valence electrons. The third kappa shape index (κ3) is 5.35. The van der Waals surface area contributed by atoms with Crippen LogP contribution in [-0.2, 0) is 6.18 Å². The second-order valence-corrected chi connectivity index (χ2v) is 9.74. The summed E-state index contributed by atoms with van der Waals surface area (Å²) in [6.45, 7) is 2.03. The van der Waals surface area contributed by atoms with Crippen molar-refractivity contribution in [2.45, 2.75) is 57.0 Å².